The van der Waals surface area contributed by atoms with E-state index in [1.807, 2.05) is 18.2 Å². The molecule has 0 radical (unpaired) electrons. The fraction of sp³-hybridized carbons (Fsp3) is 0.154. The molecular weight excluding hydrogens is 358 g/mol. The van der Waals surface area contributed by atoms with Crippen LogP contribution in [0.2, 0.25) is 0 Å². The number of rotatable bonds is 3. The van der Waals surface area contributed by atoms with E-state index < -0.39 is 0 Å². The highest BCUT2D eigenvalue weighted by Crippen LogP contribution is 2.55. The van der Waals surface area contributed by atoms with Crippen LogP contribution in [0.5, 0.6) is 0 Å². The molecule has 2 aliphatic carbocycles. The van der Waals surface area contributed by atoms with Crippen molar-refractivity contribution in [3.8, 4) is 0 Å². The second kappa shape index (κ2) is 6.56. The van der Waals surface area contributed by atoms with Gasteiger partial charge in [0.25, 0.3) is 5.69 Å². The molecule has 0 saturated carbocycles. The molecule has 0 aromatic heterocycles. The van der Waals surface area contributed by atoms with Gasteiger partial charge in [0.2, 0.25) is 0 Å². The van der Waals surface area contributed by atoms with Crippen molar-refractivity contribution < 1.29 is 4.92 Å². The van der Waals surface area contributed by atoms with Gasteiger partial charge >= 0.3 is 0 Å². The molecule has 29 heavy (non-hydrogen) atoms. The maximum Gasteiger partial charge on any atom is 0.273 e. The number of fused-ring (bicyclic) bond motifs is 2. The smallest absolute Gasteiger partial charge is 0.258 e. The Balaban J connectivity index is 1.66. The van der Waals surface area contributed by atoms with Crippen LogP contribution in [-0.2, 0) is 5.41 Å². The molecule has 0 N–H and O–H groups in total. The molecular formula is C26H21NO2. The number of allylic oxidation sites excluding steroid dienone is 4. The lowest BCUT2D eigenvalue weighted by atomic mass is 9.69. The minimum Gasteiger partial charge on any atom is -0.258 e. The summed E-state index contributed by atoms with van der Waals surface area (Å²) in [6.07, 6.45) is 5.08. The van der Waals surface area contributed by atoms with E-state index in [4.69, 9.17) is 0 Å². The molecule has 0 spiro atoms. The molecule has 0 bridgehead atoms. The molecule has 2 aliphatic rings. The zero-order valence-corrected chi connectivity index (χ0v) is 16.2. The summed E-state index contributed by atoms with van der Waals surface area (Å²) >= 11 is 0. The second-order valence-corrected chi connectivity index (χ2v) is 7.91. The van der Waals surface area contributed by atoms with Gasteiger partial charge in [-0.15, -0.1) is 0 Å². The average molecular weight is 379 g/mol. The SMILES string of the molecule is CC1(c2ccccc2)C2=C(C=CC(c3ccccc3[N+](=O)[O-])C2)c2ccccc21. The zero-order chi connectivity index (χ0) is 20.0. The van der Waals surface area contributed by atoms with Crippen LogP contribution in [0.3, 0.4) is 0 Å². The van der Waals surface area contributed by atoms with E-state index in [2.05, 4.69) is 67.6 Å². The van der Waals surface area contributed by atoms with Crippen molar-refractivity contribution in [2.75, 3.05) is 0 Å². The summed E-state index contributed by atoms with van der Waals surface area (Å²) in [5.41, 5.74) is 7.19. The molecule has 0 aliphatic heterocycles. The Kier molecular flexibility index (Phi) is 3.99. The van der Waals surface area contributed by atoms with E-state index in [1.165, 1.54) is 27.8 Å². The Bertz CT molecular complexity index is 1180. The van der Waals surface area contributed by atoms with E-state index in [-0.39, 0.29) is 21.9 Å². The monoisotopic (exact) mass is 379 g/mol. The molecule has 2 unspecified atom stereocenters. The number of hydrogen-bond donors (Lipinski definition) is 0. The van der Waals surface area contributed by atoms with E-state index in [1.54, 1.807) is 12.1 Å². The predicted octanol–water partition coefficient (Wildman–Crippen LogP) is 6.41. The van der Waals surface area contributed by atoms with Gasteiger partial charge in [0.1, 0.15) is 0 Å². The minimum atomic E-state index is -0.271. The molecule has 0 heterocycles. The summed E-state index contributed by atoms with van der Waals surface area (Å²) in [6, 6.07) is 26.3. The van der Waals surface area contributed by atoms with Crippen molar-refractivity contribution in [1.29, 1.82) is 0 Å². The maximum absolute atomic E-state index is 11.6. The molecule has 3 aromatic carbocycles. The van der Waals surface area contributed by atoms with Gasteiger partial charge in [-0.1, -0.05) is 84.9 Å². The Labute approximate surface area is 170 Å². The van der Waals surface area contributed by atoms with Crippen molar-refractivity contribution in [3.63, 3.8) is 0 Å². The van der Waals surface area contributed by atoms with Crippen molar-refractivity contribution in [3.05, 3.63) is 129 Å². The van der Waals surface area contributed by atoms with E-state index >= 15 is 0 Å². The molecule has 142 valence electrons. The van der Waals surface area contributed by atoms with Gasteiger partial charge in [0, 0.05) is 23.0 Å². The quantitative estimate of drug-likeness (QED) is 0.390. The molecule has 2 atom stereocenters. The topological polar surface area (TPSA) is 43.1 Å². The van der Waals surface area contributed by atoms with Crippen molar-refractivity contribution in [1.82, 2.24) is 0 Å². The highest BCUT2D eigenvalue weighted by molar-refractivity contribution is 5.89. The molecule has 3 heteroatoms. The third kappa shape index (κ3) is 2.58. The lowest BCUT2D eigenvalue weighted by Crippen LogP contribution is -2.25. The number of nitro benzene ring substituents is 1. The molecule has 3 nitrogen and oxygen atoms in total. The molecule has 0 amide bonds. The summed E-state index contributed by atoms with van der Waals surface area (Å²) in [5.74, 6) is -0.00676. The second-order valence-electron chi connectivity index (χ2n) is 7.91. The van der Waals surface area contributed by atoms with Crippen LogP contribution in [0, 0.1) is 10.1 Å². The van der Waals surface area contributed by atoms with Gasteiger partial charge in [0.15, 0.2) is 0 Å². The standard InChI is InChI=1S/C26H21NO2/c1-26(19-9-3-2-4-10-19)23-13-7-5-12-21(23)22-16-15-18(17-24(22)26)20-11-6-8-14-25(20)27(28)29/h2-16,18H,17H2,1H3. The lowest BCUT2D eigenvalue weighted by Gasteiger charge is -2.33. The Morgan fingerprint density at radius 2 is 1.62 bits per heavy atom. The summed E-state index contributed by atoms with van der Waals surface area (Å²) in [5, 5.41) is 11.6. The molecule has 3 aromatic rings. The van der Waals surface area contributed by atoms with Crippen LogP contribution in [0.15, 0.2) is 96.6 Å². The van der Waals surface area contributed by atoms with Crippen molar-refractivity contribution >= 4 is 11.3 Å². The third-order valence-electron chi connectivity index (χ3n) is 6.49. The Morgan fingerprint density at radius 3 is 2.41 bits per heavy atom. The predicted molar refractivity (Wildman–Crippen MR) is 116 cm³/mol. The molecule has 0 fully saturated rings. The van der Waals surface area contributed by atoms with Gasteiger partial charge < -0.3 is 0 Å². The van der Waals surface area contributed by atoms with Crippen LogP contribution in [0.4, 0.5) is 5.69 Å². The first kappa shape index (κ1) is 17.6. The minimum absolute atomic E-state index is 0.00676. The molecule has 0 saturated heterocycles. The van der Waals surface area contributed by atoms with Crippen LogP contribution < -0.4 is 0 Å². The van der Waals surface area contributed by atoms with Gasteiger partial charge in [-0.3, -0.25) is 10.1 Å². The Hall–Kier alpha value is -3.46. The first-order valence-corrected chi connectivity index (χ1v) is 9.91. The number of nitrogens with zero attached hydrogens (tertiary/aromatic N) is 1. The van der Waals surface area contributed by atoms with Crippen molar-refractivity contribution in [2.45, 2.75) is 24.7 Å². The van der Waals surface area contributed by atoms with Gasteiger partial charge in [-0.2, -0.15) is 0 Å². The number of hydrogen-bond acceptors (Lipinski definition) is 2. The van der Waals surface area contributed by atoms with Crippen LogP contribution >= 0.6 is 0 Å². The van der Waals surface area contributed by atoms with Gasteiger partial charge in [-0.25, -0.2) is 0 Å². The first-order valence-electron chi connectivity index (χ1n) is 9.91. The zero-order valence-electron chi connectivity index (χ0n) is 16.2. The highest BCUT2D eigenvalue weighted by Gasteiger charge is 2.43. The summed E-state index contributed by atoms with van der Waals surface area (Å²) < 4.78 is 0. The van der Waals surface area contributed by atoms with Crippen LogP contribution in [0.25, 0.3) is 5.57 Å². The molecule has 5 rings (SSSR count). The fourth-order valence-corrected chi connectivity index (χ4v) is 5.04. The van der Waals surface area contributed by atoms with E-state index in [0.717, 1.165) is 12.0 Å². The first-order chi connectivity index (χ1) is 14.1. The van der Waals surface area contributed by atoms with Crippen LogP contribution in [-0.4, -0.2) is 4.92 Å². The normalized spacial score (nSPS) is 22.3. The largest absolute Gasteiger partial charge is 0.273 e. The lowest BCUT2D eigenvalue weighted by molar-refractivity contribution is -0.385. The van der Waals surface area contributed by atoms with Gasteiger partial charge in [-0.05, 0) is 41.2 Å². The number of nitro groups is 1. The maximum atomic E-state index is 11.6. The highest BCUT2D eigenvalue weighted by atomic mass is 16.6. The van der Waals surface area contributed by atoms with Crippen LogP contribution in [0.1, 0.15) is 41.5 Å². The van der Waals surface area contributed by atoms with Gasteiger partial charge in [0.05, 0.1) is 4.92 Å². The number of benzene rings is 3. The Morgan fingerprint density at radius 1 is 0.931 bits per heavy atom. The summed E-state index contributed by atoms with van der Waals surface area (Å²) in [6.45, 7) is 2.29. The average Bonchev–Trinajstić information content (AvgIpc) is 3.04. The number of para-hydroxylation sites is 1. The van der Waals surface area contributed by atoms with Crippen molar-refractivity contribution in [2.24, 2.45) is 0 Å². The van der Waals surface area contributed by atoms with E-state index in [0.29, 0.717) is 0 Å². The third-order valence-corrected chi connectivity index (χ3v) is 6.49. The summed E-state index contributed by atoms with van der Waals surface area (Å²) in [4.78, 5) is 11.3. The summed E-state index contributed by atoms with van der Waals surface area (Å²) in [7, 11) is 0. The fourth-order valence-electron chi connectivity index (χ4n) is 5.04. The van der Waals surface area contributed by atoms with E-state index in [9.17, 15) is 10.1 Å².